The van der Waals surface area contributed by atoms with Crippen molar-refractivity contribution in [3.63, 3.8) is 0 Å². The fourth-order valence-corrected chi connectivity index (χ4v) is 3.88. The van der Waals surface area contributed by atoms with Crippen LogP contribution in [0.2, 0.25) is 0 Å². The summed E-state index contributed by atoms with van der Waals surface area (Å²) in [5.41, 5.74) is 1.44. The van der Waals surface area contributed by atoms with Crippen molar-refractivity contribution in [3.05, 3.63) is 65.5 Å². The van der Waals surface area contributed by atoms with E-state index in [0.717, 1.165) is 11.3 Å². The molecule has 1 N–H and O–H groups in total. The average Bonchev–Trinajstić information content (AvgIpc) is 2.81. The van der Waals surface area contributed by atoms with Gasteiger partial charge in [0.2, 0.25) is 0 Å². The van der Waals surface area contributed by atoms with Crippen molar-refractivity contribution in [3.8, 4) is 5.75 Å². The van der Waals surface area contributed by atoms with Crippen molar-refractivity contribution in [2.45, 2.75) is 45.6 Å². The first-order valence-corrected chi connectivity index (χ1v) is 11.6. The van der Waals surface area contributed by atoms with Crippen LogP contribution in [0, 0.1) is 11.7 Å². The van der Waals surface area contributed by atoms with Crippen LogP contribution in [0.5, 0.6) is 5.75 Å². The number of nitrogens with one attached hydrogen (secondary N) is 1. The normalized spacial score (nSPS) is 18.5. The van der Waals surface area contributed by atoms with Gasteiger partial charge in [0.25, 0.3) is 0 Å². The Kier molecular flexibility index (Phi) is 8.98. The number of rotatable bonds is 8. The molecule has 1 aliphatic heterocycles. The molecule has 1 aliphatic rings. The summed E-state index contributed by atoms with van der Waals surface area (Å²) in [6.45, 7) is 5.74. The number of ether oxygens (including phenoxy) is 1. The van der Waals surface area contributed by atoms with E-state index in [0.29, 0.717) is 31.1 Å². The van der Waals surface area contributed by atoms with Gasteiger partial charge in [-0.15, -0.1) is 0 Å². The zero-order chi connectivity index (χ0) is 24.7. The average molecular weight is 474 g/mol. The topological polar surface area (TPSA) is 61.9 Å². The highest BCUT2D eigenvalue weighted by atomic mass is 19.1. The van der Waals surface area contributed by atoms with E-state index < -0.39 is 29.8 Å². The Bertz CT molecular complexity index is 951. The summed E-state index contributed by atoms with van der Waals surface area (Å²) in [7, 11) is 1.82. The summed E-state index contributed by atoms with van der Waals surface area (Å²) in [6.07, 6.45) is -0.871. The molecule has 1 heterocycles. The lowest BCUT2D eigenvalue weighted by molar-refractivity contribution is -0.150. The van der Waals surface area contributed by atoms with Crippen LogP contribution in [0.15, 0.2) is 48.5 Å². The highest BCUT2D eigenvalue weighted by molar-refractivity contribution is 6.35. The van der Waals surface area contributed by atoms with E-state index in [9.17, 15) is 18.4 Å². The van der Waals surface area contributed by atoms with E-state index in [2.05, 4.69) is 19.2 Å². The summed E-state index contributed by atoms with van der Waals surface area (Å²) >= 11 is 0. The Morgan fingerprint density at radius 2 is 1.76 bits per heavy atom. The van der Waals surface area contributed by atoms with E-state index >= 15 is 0 Å². The first-order valence-electron chi connectivity index (χ1n) is 11.6. The van der Waals surface area contributed by atoms with Gasteiger partial charge < -0.3 is 19.9 Å². The second-order valence-corrected chi connectivity index (χ2v) is 9.23. The molecule has 1 fully saturated rings. The minimum absolute atomic E-state index is 0.0310. The molecule has 0 spiro atoms. The number of hydrogen-bond acceptors (Lipinski definition) is 4. The molecule has 2 atom stereocenters. The van der Waals surface area contributed by atoms with E-state index in [1.165, 1.54) is 17.0 Å². The van der Waals surface area contributed by atoms with Gasteiger partial charge in [0.15, 0.2) is 0 Å². The Morgan fingerprint density at radius 1 is 1.12 bits per heavy atom. The fraction of sp³-hybridized carbons (Fsp3) is 0.462. The maximum atomic E-state index is 14.9. The van der Waals surface area contributed by atoms with Gasteiger partial charge >= 0.3 is 11.8 Å². The lowest BCUT2D eigenvalue weighted by Gasteiger charge is -2.39. The largest absolute Gasteiger partial charge is 0.493 e. The van der Waals surface area contributed by atoms with E-state index in [-0.39, 0.29) is 19.6 Å². The second-order valence-electron chi connectivity index (χ2n) is 9.23. The first kappa shape index (κ1) is 25.6. The monoisotopic (exact) mass is 473 g/mol. The molecule has 1 saturated heterocycles. The highest BCUT2D eigenvalue weighted by Gasteiger charge is 2.37. The number of amides is 2. The molecule has 2 amide bonds. The zero-order valence-electron chi connectivity index (χ0n) is 20.0. The Labute approximate surface area is 199 Å². The standard InChI is InChI=1S/C26H33F2N3O3/c1-18(2)17-34-22-10-6-19(7-11-22)14-29-25(32)26(33)31(15-20-4-8-21(27)9-5-20)24-12-13-30(3)16-23(24)28/h4-11,18,23-24H,12-17H2,1-3H3,(H,29,32)/t23-,24+/m1/s1. The molecule has 0 aliphatic carbocycles. The predicted molar refractivity (Wildman–Crippen MR) is 126 cm³/mol. The summed E-state index contributed by atoms with van der Waals surface area (Å²) in [5, 5.41) is 2.64. The number of carbonyl (C=O) groups is 2. The number of alkyl halides is 1. The number of benzene rings is 2. The number of piperidine rings is 1. The number of likely N-dealkylation sites (tertiary alicyclic amines) is 1. The molecule has 0 saturated carbocycles. The van der Waals surface area contributed by atoms with Crippen molar-refractivity contribution in [1.82, 2.24) is 15.1 Å². The van der Waals surface area contributed by atoms with Crippen LogP contribution in [-0.4, -0.2) is 60.6 Å². The van der Waals surface area contributed by atoms with E-state index in [1.54, 1.807) is 12.1 Å². The Morgan fingerprint density at radius 3 is 2.38 bits per heavy atom. The molecular weight excluding hydrogens is 440 g/mol. The smallest absolute Gasteiger partial charge is 0.312 e. The van der Waals surface area contributed by atoms with Crippen LogP contribution in [0.3, 0.4) is 0 Å². The van der Waals surface area contributed by atoms with E-state index in [1.807, 2.05) is 36.2 Å². The van der Waals surface area contributed by atoms with Gasteiger partial charge in [0, 0.05) is 26.2 Å². The summed E-state index contributed by atoms with van der Waals surface area (Å²) in [5.74, 6) is -0.840. The maximum absolute atomic E-state index is 14.9. The van der Waals surface area contributed by atoms with Gasteiger partial charge in [-0.3, -0.25) is 9.59 Å². The molecule has 2 aromatic carbocycles. The quantitative estimate of drug-likeness (QED) is 0.596. The van der Waals surface area contributed by atoms with Gasteiger partial charge in [-0.25, -0.2) is 8.78 Å². The van der Waals surface area contributed by atoms with Gasteiger partial charge in [0.1, 0.15) is 17.7 Å². The minimum Gasteiger partial charge on any atom is -0.493 e. The van der Waals surface area contributed by atoms with Gasteiger partial charge in [-0.1, -0.05) is 38.1 Å². The van der Waals surface area contributed by atoms with Crippen LogP contribution in [0.25, 0.3) is 0 Å². The first-order chi connectivity index (χ1) is 16.2. The van der Waals surface area contributed by atoms with Crippen molar-refractivity contribution in [2.24, 2.45) is 5.92 Å². The van der Waals surface area contributed by atoms with Crippen LogP contribution < -0.4 is 10.1 Å². The number of nitrogens with zero attached hydrogens (tertiary/aromatic N) is 2. The van der Waals surface area contributed by atoms with Crippen LogP contribution in [0.1, 0.15) is 31.4 Å². The van der Waals surface area contributed by atoms with Crippen molar-refractivity contribution >= 4 is 11.8 Å². The lowest BCUT2D eigenvalue weighted by atomic mass is 10.0. The van der Waals surface area contributed by atoms with Crippen LogP contribution >= 0.6 is 0 Å². The summed E-state index contributed by atoms with van der Waals surface area (Å²) in [6, 6.07) is 12.2. The zero-order valence-corrected chi connectivity index (χ0v) is 20.0. The Balaban J connectivity index is 1.66. The van der Waals surface area contributed by atoms with Gasteiger partial charge in [-0.2, -0.15) is 0 Å². The van der Waals surface area contributed by atoms with Crippen LogP contribution in [0.4, 0.5) is 8.78 Å². The lowest BCUT2D eigenvalue weighted by Crippen LogP contribution is -2.55. The maximum Gasteiger partial charge on any atom is 0.312 e. The summed E-state index contributed by atoms with van der Waals surface area (Å²) in [4.78, 5) is 29.0. The third-order valence-corrected chi connectivity index (χ3v) is 5.79. The molecule has 6 nitrogen and oxygen atoms in total. The SMILES string of the molecule is CC(C)COc1ccc(CNC(=O)C(=O)N(Cc2ccc(F)cc2)[C@H]2CCN(C)C[C@H]2F)cc1. The van der Waals surface area contributed by atoms with Gasteiger partial charge in [0.05, 0.1) is 12.6 Å². The minimum atomic E-state index is -1.28. The highest BCUT2D eigenvalue weighted by Crippen LogP contribution is 2.22. The fourth-order valence-electron chi connectivity index (χ4n) is 3.88. The number of halogens is 2. The van der Waals surface area contributed by atoms with Crippen molar-refractivity contribution in [1.29, 1.82) is 0 Å². The molecule has 3 rings (SSSR count). The summed E-state index contributed by atoms with van der Waals surface area (Å²) < 4.78 is 33.9. The molecule has 2 aromatic rings. The Hall–Kier alpha value is -3.00. The third kappa shape index (κ3) is 7.25. The number of hydrogen-bond donors (Lipinski definition) is 1. The number of carbonyl (C=O) groups excluding carboxylic acids is 2. The van der Waals surface area contributed by atoms with E-state index in [4.69, 9.17) is 4.74 Å². The van der Waals surface area contributed by atoms with Crippen LogP contribution in [-0.2, 0) is 22.7 Å². The molecule has 184 valence electrons. The molecule has 0 unspecified atom stereocenters. The molecular formula is C26H33F2N3O3. The third-order valence-electron chi connectivity index (χ3n) is 5.79. The second kappa shape index (κ2) is 11.9. The molecule has 0 radical (unpaired) electrons. The molecule has 34 heavy (non-hydrogen) atoms. The van der Waals surface area contributed by atoms with Crippen molar-refractivity contribution in [2.75, 3.05) is 26.7 Å². The molecule has 0 aromatic heterocycles. The van der Waals surface area contributed by atoms with Gasteiger partial charge in [-0.05, 0) is 54.8 Å². The molecule has 8 heteroatoms. The molecule has 0 bridgehead atoms. The predicted octanol–water partition coefficient (Wildman–Crippen LogP) is 3.55. The van der Waals surface area contributed by atoms with Crippen molar-refractivity contribution < 1.29 is 23.1 Å².